The van der Waals surface area contributed by atoms with Gasteiger partial charge in [0.05, 0.1) is 6.54 Å². The number of hydrogen-bond donors (Lipinski definition) is 0. The van der Waals surface area contributed by atoms with Gasteiger partial charge in [-0.1, -0.05) is 54.6 Å². The number of hydrogen-bond acceptors (Lipinski definition) is 3. The molecule has 0 unspecified atom stereocenters. The van der Waals surface area contributed by atoms with Gasteiger partial charge in [0.25, 0.3) is 0 Å². The summed E-state index contributed by atoms with van der Waals surface area (Å²) in [5.74, 6) is 0.107. The molecule has 1 aromatic heterocycles. The quantitative estimate of drug-likeness (QED) is 0.737. The van der Waals surface area contributed by atoms with E-state index in [0.29, 0.717) is 17.9 Å². The third-order valence-electron chi connectivity index (χ3n) is 2.91. The summed E-state index contributed by atoms with van der Waals surface area (Å²) in [5.41, 5.74) is 1.73. The fourth-order valence-corrected chi connectivity index (χ4v) is 1.91. The summed E-state index contributed by atoms with van der Waals surface area (Å²) >= 11 is 0. The molecule has 2 aromatic carbocycles. The van der Waals surface area contributed by atoms with Crippen LogP contribution in [0.4, 0.5) is 4.39 Å². The van der Waals surface area contributed by atoms with Crippen molar-refractivity contribution in [3.8, 4) is 11.4 Å². The van der Waals surface area contributed by atoms with Crippen molar-refractivity contribution < 1.29 is 4.39 Å². The molecule has 0 aliphatic rings. The first-order chi connectivity index (χ1) is 10.3. The fraction of sp³-hybridized carbons (Fsp3) is 0.0625. The van der Waals surface area contributed by atoms with Gasteiger partial charge in [0.15, 0.2) is 0 Å². The van der Waals surface area contributed by atoms with Gasteiger partial charge in [0.1, 0.15) is 5.82 Å². The molecule has 0 aliphatic carbocycles. The third-order valence-corrected chi connectivity index (χ3v) is 2.91. The average Bonchev–Trinajstić information content (AvgIpc) is 2.97. The summed E-state index contributed by atoms with van der Waals surface area (Å²) in [6.07, 6.45) is 3.94. The van der Waals surface area contributed by atoms with Crippen molar-refractivity contribution in [2.45, 2.75) is 6.54 Å². The van der Waals surface area contributed by atoms with Gasteiger partial charge in [0.2, 0.25) is 5.82 Å². The molecule has 21 heavy (non-hydrogen) atoms. The van der Waals surface area contributed by atoms with E-state index in [4.69, 9.17) is 0 Å². The monoisotopic (exact) mass is 280 g/mol. The van der Waals surface area contributed by atoms with Crippen LogP contribution in [0.15, 0.2) is 60.7 Å². The molecule has 0 saturated heterocycles. The smallest absolute Gasteiger partial charge is 0.205 e. The average molecular weight is 280 g/mol. The lowest BCUT2D eigenvalue weighted by Crippen LogP contribution is -1.99. The molecule has 0 saturated carbocycles. The molecule has 0 bridgehead atoms. The highest BCUT2D eigenvalue weighted by molar-refractivity contribution is 5.53. The van der Waals surface area contributed by atoms with E-state index in [-0.39, 0.29) is 5.82 Å². The molecule has 104 valence electrons. The van der Waals surface area contributed by atoms with Crippen LogP contribution in [0.1, 0.15) is 5.56 Å². The molecule has 4 nitrogen and oxygen atoms in total. The first-order valence-corrected chi connectivity index (χ1v) is 6.56. The molecule has 1 heterocycles. The van der Waals surface area contributed by atoms with Crippen LogP contribution in [0.5, 0.6) is 0 Å². The zero-order chi connectivity index (χ0) is 14.5. The summed E-state index contributed by atoms with van der Waals surface area (Å²) in [6, 6.07) is 16.1. The Labute approximate surface area is 121 Å². The second-order valence-electron chi connectivity index (χ2n) is 4.49. The van der Waals surface area contributed by atoms with E-state index in [2.05, 4.69) is 15.4 Å². The molecule has 0 aliphatic heterocycles. The van der Waals surface area contributed by atoms with Crippen LogP contribution in [0.2, 0.25) is 0 Å². The zero-order valence-corrected chi connectivity index (χ0v) is 11.2. The molecule has 5 heteroatoms. The van der Waals surface area contributed by atoms with Crippen LogP contribution in [0, 0.1) is 5.82 Å². The number of benzene rings is 2. The van der Waals surface area contributed by atoms with Crippen LogP contribution in [-0.4, -0.2) is 20.2 Å². The van der Waals surface area contributed by atoms with E-state index in [1.54, 1.807) is 12.1 Å². The Hall–Kier alpha value is -2.82. The number of aromatic nitrogens is 4. The van der Waals surface area contributed by atoms with E-state index >= 15 is 0 Å². The lowest BCUT2D eigenvalue weighted by Gasteiger charge is -1.94. The number of allylic oxidation sites excluding steroid dienone is 1. The Morgan fingerprint density at radius 1 is 1.05 bits per heavy atom. The van der Waals surface area contributed by atoms with Crippen LogP contribution < -0.4 is 0 Å². The fourth-order valence-electron chi connectivity index (χ4n) is 1.91. The highest BCUT2D eigenvalue weighted by Gasteiger charge is 2.05. The molecule has 0 spiro atoms. The SMILES string of the molecule is Fc1cccc(-c2nnn(C/C=C/c3ccccc3)n2)c1. The standard InChI is InChI=1S/C16H13FN4/c17-15-10-4-9-14(12-15)16-18-20-21(19-16)11-5-8-13-6-2-1-3-7-13/h1-10,12H,11H2/b8-5+. The molecule has 0 amide bonds. The number of nitrogens with zero attached hydrogens (tertiary/aromatic N) is 4. The van der Waals surface area contributed by atoms with Gasteiger partial charge in [0, 0.05) is 5.56 Å². The molecule has 0 atom stereocenters. The van der Waals surface area contributed by atoms with Crippen LogP contribution in [-0.2, 0) is 6.54 Å². The summed E-state index contributed by atoms with van der Waals surface area (Å²) in [5, 5.41) is 12.1. The predicted octanol–water partition coefficient (Wildman–Crippen LogP) is 3.19. The second kappa shape index (κ2) is 6.09. The van der Waals surface area contributed by atoms with Crippen molar-refractivity contribution in [1.29, 1.82) is 0 Å². The maximum absolute atomic E-state index is 13.2. The normalized spacial score (nSPS) is 11.1. The van der Waals surface area contributed by atoms with Crippen molar-refractivity contribution in [2.24, 2.45) is 0 Å². The van der Waals surface area contributed by atoms with E-state index in [0.717, 1.165) is 5.56 Å². The van der Waals surface area contributed by atoms with Gasteiger partial charge in [-0.3, -0.25) is 0 Å². The van der Waals surface area contributed by atoms with Crippen molar-refractivity contribution in [2.75, 3.05) is 0 Å². The maximum Gasteiger partial charge on any atom is 0.205 e. The number of tetrazole rings is 1. The Bertz CT molecular complexity index is 750. The first kappa shape index (κ1) is 13.2. The summed E-state index contributed by atoms with van der Waals surface area (Å²) < 4.78 is 13.2. The van der Waals surface area contributed by atoms with Crippen LogP contribution in [0.25, 0.3) is 17.5 Å². The first-order valence-electron chi connectivity index (χ1n) is 6.56. The molecular weight excluding hydrogens is 267 g/mol. The molecule has 3 aromatic rings. The Morgan fingerprint density at radius 3 is 2.71 bits per heavy atom. The predicted molar refractivity (Wildman–Crippen MR) is 78.7 cm³/mol. The van der Waals surface area contributed by atoms with E-state index < -0.39 is 0 Å². The summed E-state index contributed by atoms with van der Waals surface area (Å²) in [4.78, 5) is 1.47. The van der Waals surface area contributed by atoms with Crippen molar-refractivity contribution in [3.63, 3.8) is 0 Å². The lowest BCUT2D eigenvalue weighted by atomic mass is 10.2. The largest absolute Gasteiger partial charge is 0.207 e. The minimum absolute atomic E-state index is 0.312. The molecule has 0 radical (unpaired) electrons. The lowest BCUT2D eigenvalue weighted by molar-refractivity contribution is 0.583. The van der Waals surface area contributed by atoms with Gasteiger partial charge >= 0.3 is 0 Å². The summed E-state index contributed by atoms with van der Waals surface area (Å²) in [7, 11) is 0. The minimum Gasteiger partial charge on any atom is -0.207 e. The number of rotatable bonds is 4. The topological polar surface area (TPSA) is 43.6 Å². The van der Waals surface area contributed by atoms with Crippen molar-refractivity contribution in [3.05, 3.63) is 72.1 Å². The molecule has 3 rings (SSSR count). The highest BCUT2D eigenvalue weighted by atomic mass is 19.1. The second-order valence-corrected chi connectivity index (χ2v) is 4.49. The van der Waals surface area contributed by atoms with Gasteiger partial charge in [-0.15, -0.1) is 10.2 Å². The Kier molecular flexibility index (Phi) is 3.82. The van der Waals surface area contributed by atoms with Gasteiger partial charge in [-0.2, -0.15) is 4.80 Å². The van der Waals surface area contributed by atoms with Crippen molar-refractivity contribution in [1.82, 2.24) is 20.2 Å². The van der Waals surface area contributed by atoms with Gasteiger partial charge in [-0.25, -0.2) is 4.39 Å². The minimum atomic E-state index is -0.312. The molecular formula is C16H13FN4. The van der Waals surface area contributed by atoms with Crippen molar-refractivity contribution >= 4 is 6.08 Å². The number of halogens is 1. The Morgan fingerprint density at radius 2 is 1.90 bits per heavy atom. The van der Waals surface area contributed by atoms with Crippen LogP contribution >= 0.6 is 0 Å². The van der Waals surface area contributed by atoms with E-state index in [1.165, 1.54) is 16.9 Å². The van der Waals surface area contributed by atoms with Gasteiger partial charge < -0.3 is 0 Å². The summed E-state index contributed by atoms with van der Waals surface area (Å²) in [6.45, 7) is 0.511. The molecule has 0 N–H and O–H groups in total. The third kappa shape index (κ3) is 3.39. The van der Waals surface area contributed by atoms with Gasteiger partial charge in [-0.05, 0) is 22.9 Å². The van der Waals surface area contributed by atoms with Crippen LogP contribution in [0.3, 0.4) is 0 Å². The van der Waals surface area contributed by atoms with E-state index in [9.17, 15) is 4.39 Å². The Balaban J connectivity index is 1.70. The zero-order valence-electron chi connectivity index (χ0n) is 11.2. The highest BCUT2D eigenvalue weighted by Crippen LogP contribution is 2.14. The van der Waals surface area contributed by atoms with E-state index in [1.807, 2.05) is 42.5 Å². The molecule has 0 fully saturated rings. The maximum atomic E-state index is 13.2.